The molecule has 30 heavy (non-hydrogen) atoms. The van der Waals surface area contributed by atoms with Gasteiger partial charge in [0.15, 0.2) is 0 Å². The standard InChI is InChI=1S/C25H27NO4/c1-2-28-23-13-12-19(25(27)26-16-21-9-6-14-29-21)15-20(23)17-30-24-11-5-8-18-7-3-4-10-22(18)24/h3-5,7-8,10-13,15,21H,2,6,9,14,16-17H2,1H3,(H,26,27)/t21-/m1/s1. The Kier molecular flexibility index (Phi) is 6.50. The summed E-state index contributed by atoms with van der Waals surface area (Å²) in [5.74, 6) is 1.43. The van der Waals surface area contributed by atoms with Crippen LogP contribution in [0.5, 0.6) is 11.5 Å². The highest BCUT2D eigenvalue weighted by Crippen LogP contribution is 2.28. The van der Waals surface area contributed by atoms with Gasteiger partial charge in [0.25, 0.3) is 5.91 Å². The van der Waals surface area contributed by atoms with Crippen molar-refractivity contribution in [3.8, 4) is 11.5 Å². The normalized spacial score (nSPS) is 15.8. The van der Waals surface area contributed by atoms with Crippen molar-refractivity contribution in [3.63, 3.8) is 0 Å². The second kappa shape index (κ2) is 9.63. The molecule has 1 heterocycles. The summed E-state index contributed by atoms with van der Waals surface area (Å²) in [5.41, 5.74) is 1.43. The number of benzene rings is 3. The molecule has 0 radical (unpaired) electrons. The topological polar surface area (TPSA) is 56.8 Å². The van der Waals surface area contributed by atoms with Gasteiger partial charge in [-0.2, -0.15) is 0 Å². The van der Waals surface area contributed by atoms with E-state index in [0.29, 0.717) is 25.3 Å². The van der Waals surface area contributed by atoms with E-state index in [2.05, 4.69) is 17.4 Å². The third-order valence-corrected chi connectivity index (χ3v) is 5.27. The molecular weight excluding hydrogens is 378 g/mol. The Morgan fingerprint density at radius 3 is 2.77 bits per heavy atom. The van der Waals surface area contributed by atoms with E-state index in [0.717, 1.165) is 47.3 Å². The van der Waals surface area contributed by atoms with Gasteiger partial charge in [-0.25, -0.2) is 0 Å². The number of carbonyl (C=O) groups excluding carboxylic acids is 1. The number of hydrogen-bond donors (Lipinski definition) is 1. The summed E-state index contributed by atoms with van der Waals surface area (Å²) < 4.78 is 17.5. The van der Waals surface area contributed by atoms with E-state index in [1.165, 1.54) is 0 Å². The first-order chi connectivity index (χ1) is 14.7. The summed E-state index contributed by atoms with van der Waals surface area (Å²) in [4.78, 5) is 12.6. The quantitative estimate of drug-likeness (QED) is 0.589. The number of hydrogen-bond acceptors (Lipinski definition) is 4. The van der Waals surface area contributed by atoms with E-state index >= 15 is 0 Å². The highest BCUT2D eigenvalue weighted by atomic mass is 16.5. The highest BCUT2D eigenvalue weighted by molar-refractivity contribution is 5.94. The Morgan fingerprint density at radius 1 is 1.07 bits per heavy atom. The molecule has 1 aliphatic rings. The van der Waals surface area contributed by atoms with E-state index in [1.54, 1.807) is 6.07 Å². The van der Waals surface area contributed by atoms with Crippen molar-refractivity contribution < 1.29 is 19.0 Å². The Balaban J connectivity index is 1.50. The molecule has 0 bridgehead atoms. The minimum absolute atomic E-state index is 0.111. The number of carbonyl (C=O) groups is 1. The molecule has 1 fully saturated rings. The Morgan fingerprint density at radius 2 is 1.93 bits per heavy atom. The molecule has 0 aliphatic carbocycles. The SMILES string of the molecule is CCOc1ccc(C(=O)NC[C@H]2CCCO2)cc1COc1cccc2ccccc12. The molecule has 4 rings (SSSR count). The fraction of sp³-hybridized carbons (Fsp3) is 0.320. The lowest BCUT2D eigenvalue weighted by Crippen LogP contribution is -2.31. The summed E-state index contributed by atoms with van der Waals surface area (Å²) >= 11 is 0. The van der Waals surface area contributed by atoms with Crippen LogP contribution in [0.25, 0.3) is 10.8 Å². The maximum absolute atomic E-state index is 12.6. The fourth-order valence-corrected chi connectivity index (χ4v) is 3.72. The van der Waals surface area contributed by atoms with Crippen molar-refractivity contribution in [1.29, 1.82) is 0 Å². The summed E-state index contributed by atoms with van der Waals surface area (Å²) in [5, 5.41) is 5.16. The first kappa shape index (κ1) is 20.2. The number of amides is 1. The lowest BCUT2D eigenvalue weighted by molar-refractivity contribution is 0.0857. The van der Waals surface area contributed by atoms with Gasteiger partial charge in [-0.05, 0) is 49.4 Å². The smallest absolute Gasteiger partial charge is 0.251 e. The van der Waals surface area contributed by atoms with Crippen LogP contribution in [-0.4, -0.2) is 31.8 Å². The van der Waals surface area contributed by atoms with Gasteiger partial charge in [-0.3, -0.25) is 4.79 Å². The first-order valence-electron chi connectivity index (χ1n) is 10.5. The van der Waals surface area contributed by atoms with Crippen LogP contribution < -0.4 is 14.8 Å². The van der Waals surface area contributed by atoms with E-state index < -0.39 is 0 Å². The molecule has 0 aromatic heterocycles. The van der Waals surface area contributed by atoms with Crippen molar-refractivity contribution >= 4 is 16.7 Å². The van der Waals surface area contributed by atoms with Crippen molar-refractivity contribution in [3.05, 3.63) is 71.8 Å². The second-order valence-corrected chi connectivity index (χ2v) is 7.37. The summed E-state index contributed by atoms with van der Waals surface area (Å²) in [6, 6.07) is 19.6. The van der Waals surface area contributed by atoms with Crippen LogP contribution in [0.4, 0.5) is 0 Å². The fourth-order valence-electron chi connectivity index (χ4n) is 3.72. The second-order valence-electron chi connectivity index (χ2n) is 7.37. The molecule has 1 aliphatic heterocycles. The van der Waals surface area contributed by atoms with Gasteiger partial charge in [-0.1, -0.05) is 36.4 Å². The molecule has 1 N–H and O–H groups in total. The van der Waals surface area contributed by atoms with Crippen LogP contribution in [0.15, 0.2) is 60.7 Å². The number of nitrogens with one attached hydrogen (secondary N) is 1. The van der Waals surface area contributed by atoms with Crippen molar-refractivity contribution in [2.75, 3.05) is 19.8 Å². The van der Waals surface area contributed by atoms with Gasteiger partial charge in [0.1, 0.15) is 18.1 Å². The van der Waals surface area contributed by atoms with Crippen molar-refractivity contribution in [2.45, 2.75) is 32.5 Å². The third-order valence-electron chi connectivity index (χ3n) is 5.27. The van der Waals surface area contributed by atoms with Gasteiger partial charge in [0.05, 0.1) is 12.7 Å². The molecule has 5 nitrogen and oxygen atoms in total. The van der Waals surface area contributed by atoms with Crippen LogP contribution in [0.2, 0.25) is 0 Å². The lowest BCUT2D eigenvalue weighted by Gasteiger charge is -2.15. The van der Waals surface area contributed by atoms with Crippen LogP contribution in [-0.2, 0) is 11.3 Å². The average Bonchev–Trinajstić information content (AvgIpc) is 3.30. The van der Waals surface area contributed by atoms with Crippen LogP contribution in [0.1, 0.15) is 35.7 Å². The Bertz CT molecular complexity index is 1010. The summed E-state index contributed by atoms with van der Waals surface area (Å²) in [6.07, 6.45) is 2.17. The molecule has 0 unspecified atom stereocenters. The zero-order valence-corrected chi connectivity index (χ0v) is 17.2. The number of rotatable bonds is 8. The molecule has 156 valence electrons. The summed E-state index contributed by atoms with van der Waals surface area (Å²) in [7, 11) is 0. The van der Waals surface area contributed by atoms with Gasteiger partial charge >= 0.3 is 0 Å². The van der Waals surface area contributed by atoms with Gasteiger partial charge in [0, 0.05) is 29.7 Å². The molecule has 5 heteroatoms. The summed E-state index contributed by atoms with van der Waals surface area (Å²) in [6.45, 7) is 4.12. The minimum atomic E-state index is -0.111. The van der Waals surface area contributed by atoms with Crippen LogP contribution in [0.3, 0.4) is 0 Å². The lowest BCUT2D eigenvalue weighted by atomic mass is 10.1. The third kappa shape index (κ3) is 4.74. The van der Waals surface area contributed by atoms with Gasteiger partial charge in [0.2, 0.25) is 0 Å². The molecule has 1 atom stereocenters. The molecule has 3 aromatic rings. The molecule has 3 aromatic carbocycles. The highest BCUT2D eigenvalue weighted by Gasteiger charge is 2.17. The molecule has 1 saturated heterocycles. The predicted molar refractivity (Wildman–Crippen MR) is 117 cm³/mol. The Hall–Kier alpha value is -3.05. The van der Waals surface area contributed by atoms with Crippen molar-refractivity contribution in [2.24, 2.45) is 0 Å². The van der Waals surface area contributed by atoms with E-state index in [1.807, 2.05) is 49.4 Å². The monoisotopic (exact) mass is 405 g/mol. The zero-order chi connectivity index (χ0) is 20.8. The van der Waals surface area contributed by atoms with E-state index in [-0.39, 0.29) is 12.0 Å². The maximum Gasteiger partial charge on any atom is 0.251 e. The zero-order valence-electron chi connectivity index (χ0n) is 17.2. The van der Waals surface area contributed by atoms with Crippen LogP contribution in [0, 0.1) is 0 Å². The predicted octanol–water partition coefficient (Wildman–Crippen LogP) is 4.73. The van der Waals surface area contributed by atoms with Crippen molar-refractivity contribution in [1.82, 2.24) is 5.32 Å². The largest absolute Gasteiger partial charge is 0.493 e. The molecule has 0 spiro atoms. The Labute approximate surface area is 177 Å². The molecular formula is C25H27NO4. The van der Waals surface area contributed by atoms with E-state index in [9.17, 15) is 4.79 Å². The average molecular weight is 405 g/mol. The van der Waals surface area contributed by atoms with Crippen LogP contribution >= 0.6 is 0 Å². The number of ether oxygens (including phenoxy) is 3. The molecule has 0 saturated carbocycles. The first-order valence-corrected chi connectivity index (χ1v) is 10.5. The van der Waals surface area contributed by atoms with E-state index in [4.69, 9.17) is 14.2 Å². The maximum atomic E-state index is 12.6. The van der Waals surface area contributed by atoms with Gasteiger partial charge < -0.3 is 19.5 Å². The number of fused-ring (bicyclic) bond motifs is 1. The molecule has 1 amide bonds. The van der Waals surface area contributed by atoms with Gasteiger partial charge in [-0.15, -0.1) is 0 Å². The minimum Gasteiger partial charge on any atom is -0.493 e.